The third-order valence-electron chi connectivity index (χ3n) is 5.37. The summed E-state index contributed by atoms with van der Waals surface area (Å²) in [6.07, 6.45) is 6.10. The SMILES string of the molecule is Cn1nccc1C(=O)N1CCC2(CC1)CC(OCc1ccccn1)CO2. The third-order valence-corrected chi connectivity index (χ3v) is 5.37. The van der Waals surface area contributed by atoms with Crippen molar-refractivity contribution < 1.29 is 14.3 Å². The van der Waals surface area contributed by atoms with Gasteiger partial charge in [-0.15, -0.1) is 0 Å². The number of carbonyl (C=O) groups excluding carboxylic acids is 1. The van der Waals surface area contributed by atoms with Gasteiger partial charge < -0.3 is 14.4 Å². The van der Waals surface area contributed by atoms with Crippen LogP contribution in [-0.2, 0) is 23.1 Å². The molecule has 4 rings (SSSR count). The minimum absolute atomic E-state index is 0.0424. The van der Waals surface area contributed by atoms with Crippen LogP contribution in [0.1, 0.15) is 35.4 Å². The zero-order valence-electron chi connectivity index (χ0n) is 15.0. The lowest BCUT2D eigenvalue weighted by molar-refractivity contribution is -0.0414. The van der Waals surface area contributed by atoms with Crippen LogP contribution in [0.5, 0.6) is 0 Å². The van der Waals surface area contributed by atoms with E-state index in [-0.39, 0.29) is 17.6 Å². The van der Waals surface area contributed by atoms with Crippen molar-refractivity contribution in [1.82, 2.24) is 19.7 Å². The standard InChI is InChI=1S/C19H24N4O3/c1-22-17(5-9-21-22)18(24)23-10-6-19(7-11-23)12-16(14-26-19)25-13-15-4-2-3-8-20-15/h2-5,8-9,16H,6-7,10-14H2,1H3. The maximum Gasteiger partial charge on any atom is 0.272 e. The van der Waals surface area contributed by atoms with Crippen molar-refractivity contribution in [2.24, 2.45) is 7.05 Å². The molecule has 26 heavy (non-hydrogen) atoms. The lowest BCUT2D eigenvalue weighted by Crippen LogP contribution is -2.47. The van der Waals surface area contributed by atoms with E-state index in [4.69, 9.17) is 9.47 Å². The lowest BCUT2D eigenvalue weighted by atomic mass is 9.88. The minimum Gasteiger partial charge on any atom is -0.372 e. The minimum atomic E-state index is -0.155. The molecule has 1 amide bonds. The highest BCUT2D eigenvalue weighted by Gasteiger charge is 2.44. The molecule has 2 aromatic rings. The number of hydrogen-bond acceptors (Lipinski definition) is 5. The van der Waals surface area contributed by atoms with E-state index in [1.807, 2.05) is 23.1 Å². The van der Waals surface area contributed by atoms with E-state index in [1.165, 1.54) is 0 Å². The number of rotatable bonds is 4. The summed E-state index contributed by atoms with van der Waals surface area (Å²) >= 11 is 0. The van der Waals surface area contributed by atoms with Crippen molar-refractivity contribution in [3.8, 4) is 0 Å². The van der Waals surface area contributed by atoms with Crippen LogP contribution in [0.2, 0.25) is 0 Å². The van der Waals surface area contributed by atoms with Gasteiger partial charge in [-0.2, -0.15) is 5.10 Å². The highest BCUT2D eigenvalue weighted by Crippen LogP contribution is 2.37. The van der Waals surface area contributed by atoms with Crippen molar-refractivity contribution in [2.45, 2.75) is 37.6 Å². The second kappa shape index (κ2) is 7.17. The highest BCUT2D eigenvalue weighted by atomic mass is 16.6. The Balaban J connectivity index is 1.29. The fraction of sp³-hybridized carbons (Fsp3) is 0.526. The number of carbonyl (C=O) groups is 1. The number of amides is 1. The summed E-state index contributed by atoms with van der Waals surface area (Å²) in [7, 11) is 1.79. The van der Waals surface area contributed by atoms with Crippen LogP contribution in [-0.4, -0.2) is 57.0 Å². The van der Waals surface area contributed by atoms with E-state index in [1.54, 1.807) is 30.2 Å². The van der Waals surface area contributed by atoms with Crippen molar-refractivity contribution in [2.75, 3.05) is 19.7 Å². The Morgan fingerprint density at radius 3 is 2.85 bits per heavy atom. The molecule has 2 aliphatic rings. The van der Waals surface area contributed by atoms with Crippen LogP contribution in [0.4, 0.5) is 0 Å². The molecule has 1 unspecified atom stereocenters. The smallest absolute Gasteiger partial charge is 0.272 e. The second-order valence-electron chi connectivity index (χ2n) is 7.08. The molecule has 138 valence electrons. The molecule has 0 N–H and O–H groups in total. The Labute approximate surface area is 152 Å². The summed E-state index contributed by atoms with van der Waals surface area (Å²) in [5.74, 6) is 0.0424. The Morgan fingerprint density at radius 1 is 1.31 bits per heavy atom. The van der Waals surface area contributed by atoms with Gasteiger partial charge in [0.25, 0.3) is 5.91 Å². The van der Waals surface area contributed by atoms with Crippen LogP contribution in [0.25, 0.3) is 0 Å². The number of nitrogens with zero attached hydrogens (tertiary/aromatic N) is 4. The monoisotopic (exact) mass is 356 g/mol. The predicted molar refractivity (Wildman–Crippen MR) is 94.5 cm³/mol. The van der Waals surface area contributed by atoms with E-state index in [9.17, 15) is 4.79 Å². The number of pyridine rings is 1. The largest absolute Gasteiger partial charge is 0.372 e. The molecule has 1 spiro atoms. The first-order chi connectivity index (χ1) is 12.7. The summed E-state index contributed by atoms with van der Waals surface area (Å²) in [5.41, 5.74) is 1.41. The fourth-order valence-corrected chi connectivity index (χ4v) is 3.81. The Kier molecular flexibility index (Phi) is 4.74. The number of ether oxygens (including phenoxy) is 2. The van der Waals surface area contributed by atoms with Gasteiger partial charge in [0.05, 0.1) is 30.6 Å². The van der Waals surface area contributed by atoms with Gasteiger partial charge in [-0.1, -0.05) is 6.07 Å². The highest BCUT2D eigenvalue weighted by molar-refractivity contribution is 5.92. The van der Waals surface area contributed by atoms with Crippen LogP contribution in [0, 0.1) is 0 Å². The average Bonchev–Trinajstić information content (AvgIpc) is 3.27. The summed E-state index contributed by atoms with van der Waals surface area (Å²) in [6, 6.07) is 7.60. The predicted octanol–water partition coefficient (Wildman–Crippen LogP) is 1.80. The zero-order valence-corrected chi connectivity index (χ0v) is 15.0. The summed E-state index contributed by atoms with van der Waals surface area (Å²) in [6.45, 7) is 2.53. The van der Waals surface area contributed by atoms with Gasteiger partial charge in [-0.05, 0) is 31.0 Å². The summed E-state index contributed by atoms with van der Waals surface area (Å²) < 4.78 is 13.7. The number of hydrogen-bond donors (Lipinski definition) is 0. The number of aromatic nitrogens is 3. The number of piperidine rings is 1. The Morgan fingerprint density at radius 2 is 2.15 bits per heavy atom. The molecule has 2 fully saturated rings. The maximum atomic E-state index is 12.6. The molecule has 2 saturated heterocycles. The third kappa shape index (κ3) is 3.50. The van der Waals surface area contributed by atoms with E-state index >= 15 is 0 Å². The van der Waals surface area contributed by atoms with Crippen molar-refractivity contribution in [1.29, 1.82) is 0 Å². The zero-order chi connectivity index (χ0) is 18.0. The van der Waals surface area contributed by atoms with Crippen LogP contribution < -0.4 is 0 Å². The molecule has 4 heterocycles. The molecule has 1 atom stereocenters. The first-order valence-electron chi connectivity index (χ1n) is 9.08. The molecule has 0 radical (unpaired) electrons. The molecule has 0 aliphatic carbocycles. The van der Waals surface area contributed by atoms with Crippen LogP contribution >= 0.6 is 0 Å². The topological polar surface area (TPSA) is 69.5 Å². The maximum absolute atomic E-state index is 12.6. The molecular weight excluding hydrogens is 332 g/mol. The van der Waals surface area contributed by atoms with Gasteiger partial charge in [-0.25, -0.2) is 0 Å². The fourth-order valence-electron chi connectivity index (χ4n) is 3.81. The number of likely N-dealkylation sites (tertiary alicyclic amines) is 1. The van der Waals surface area contributed by atoms with Gasteiger partial charge in [0.1, 0.15) is 5.69 Å². The quantitative estimate of drug-likeness (QED) is 0.835. The summed E-state index contributed by atoms with van der Waals surface area (Å²) in [5, 5.41) is 4.08. The second-order valence-corrected chi connectivity index (χ2v) is 7.08. The van der Waals surface area contributed by atoms with E-state index in [0.29, 0.717) is 32.0 Å². The van der Waals surface area contributed by atoms with Gasteiger partial charge >= 0.3 is 0 Å². The molecule has 0 saturated carbocycles. The van der Waals surface area contributed by atoms with E-state index in [0.717, 1.165) is 25.0 Å². The first kappa shape index (κ1) is 17.2. The molecule has 2 aliphatic heterocycles. The van der Waals surface area contributed by atoms with Crippen LogP contribution in [0.3, 0.4) is 0 Å². The van der Waals surface area contributed by atoms with Gasteiger partial charge in [0.2, 0.25) is 0 Å². The van der Waals surface area contributed by atoms with Crippen molar-refractivity contribution >= 4 is 5.91 Å². The number of aryl methyl sites for hydroxylation is 1. The molecular formula is C19H24N4O3. The normalized spacial score (nSPS) is 22.0. The molecule has 0 aromatic carbocycles. The molecule has 7 heteroatoms. The van der Waals surface area contributed by atoms with Gasteiger partial charge in [0, 0.05) is 39.0 Å². The van der Waals surface area contributed by atoms with Gasteiger partial charge in [-0.3, -0.25) is 14.5 Å². The Hall–Kier alpha value is -2.25. The van der Waals surface area contributed by atoms with E-state index in [2.05, 4.69) is 10.1 Å². The lowest BCUT2D eigenvalue weighted by Gasteiger charge is -2.38. The molecule has 2 aromatic heterocycles. The Bertz CT molecular complexity index is 753. The van der Waals surface area contributed by atoms with Crippen molar-refractivity contribution in [3.63, 3.8) is 0 Å². The average molecular weight is 356 g/mol. The van der Waals surface area contributed by atoms with Crippen molar-refractivity contribution in [3.05, 3.63) is 48.0 Å². The van der Waals surface area contributed by atoms with Crippen LogP contribution in [0.15, 0.2) is 36.7 Å². The van der Waals surface area contributed by atoms with E-state index < -0.39 is 0 Å². The summed E-state index contributed by atoms with van der Waals surface area (Å²) in [4.78, 5) is 18.8. The molecule has 0 bridgehead atoms. The first-order valence-corrected chi connectivity index (χ1v) is 9.08. The molecule has 7 nitrogen and oxygen atoms in total. The van der Waals surface area contributed by atoms with Gasteiger partial charge in [0.15, 0.2) is 0 Å².